The summed E-state index contributed by atoms with van der Waals surface area (Å²) in [5, 5.41) is 16.2. The first kappa shape index (κ1) is 27.9. The highest BCUT2D eigenvalue weighted by molar-refractivity contribution is 7.86. The Kier molecular flexibility index (Phi) is 5.72. The van der Waals surface area contributed by atoms with Gasteiger partial charge in [-0.25, -0.2) is 0 Å². The molecule has 0 amide bonds. The second-order valence-corrected chi connectivity index (χ2v) is 16.2. The van der Waals surface area contributed by atoms with E-state index in [2.05, 4.69) is 176 Å². The zero-order valence-corrected chi connectivity index (χ0v) is 28.0. The standard InChI is InChI=1S/C48H29OP/c49-50(46-28-32-14-3-5-16-34(32)36-18-7-9-20-38(36)46,47-29-33-15-4-6-17-35(33)37-19-8-10-21-39(37)47)45-25-24-41-44-27-31-13-2-1-12-30(31)26-43(44)40-22-11-23-42(45)48(40)41/h1-29H. The third-order valence-corrected chi connectivity index (χ3v) is 14.2. The lowest BCUT2D eigenvalue weighted by atomic mass is 9.99. The van der Waals surface area contributed by atoms with E-state index in [1.165, 1.54) is 49.2 Å². The number of rotatable bonds is 3. The lowest BCUT2D eigenvalue weighted by Crippen LogP contribution is -2.27. The molecule has 10 aromatic carbocycles. The first-order valence-electron chi connectivity index (χ1n) is 17.2. The molecule has 50 heavy (non-hydrogen) atoms. The number of benzene rings is 10. The monoisotopic (exact) mass is 652 g/mol. The summed E-state index contributed by atoms with van der Waals surface area (Å²) < 4.78 is 17.3. The molecule has 1 aliphatic carbocycles. The maximum Gasteiger partial charge on any atom is 0.172 e. The zero-order chi connectivity index (χ0) is 33.0. The molecule has 0 saturated heterocycles. The van der Waals surface area contributed by atoms with Crippen molar-refractivity contribution in [1.82, 2.24) is 0 Å². The van der Waals surface area contributed by atoms with E-state index in [1.807, 2.05) is 0 Å². The van der Waals surface area contributed by atoms with Crippen LogP contribution < -0.4 is 15.9 Å². The molecule has 0 aliphatic heterocycles. The summed E-state index contributed by atoms with van der Waals surface area (Å²) in [5.41, 5.74) is 4.89. The van der Waals surface area contributed by atoms with Crippen molar-refractivity contribution in [3.05, 3.63) is 176 Å². The molecule has 0 fully saturated rings. The van der Waals surface area contributed by atoms with Crippen molar-refractivity contribution in [2.24, 2.45) is 0 Å². The van der Waals surface area contributed by atoms with E-state index in [0.717, 1.165) is 53.6 Å². The fourth-order valence-corrected chi connectivity index (χ4v) is 12.1. The smallest absolute Gasteiger partial charge is 0.172 e. The molecule has 232 valence electrons. The minimum atomic E-state index is -3.57. The highest BCUT2D eigenvalue weighted by Crippen LogP contribution is 2.54. The van der Waals surface area contributed by atoms with Crippen LogP contribution in [0.15, 0.2) is 176 Å². The molecule has 1 aliphatic rings. The first-order chi connectivity index (χ1) is 24.7. The van der Waals surface area contributed by atoms with Crippen LogP contribution in [0, 0.1) is 0 Å². The van der Waals surface area contributed by atoms with Gasteiger partial charge in [0, 0.05) is 15.9 Å². The van der Waals surface area contributed by atoms with Crippen molar-refractivity contribution in [2.75, 3.05) is 0 Å². The fourth-order valence-electron chi connectivity index (χ4n) is 8.78. The minimum absolute atomic E-state index is 0.884. The van der Waals surface area contributed by atoms with E-state index < -0.39 is 7.14 Å². The molecular weight excluding hydrogens is 624 g/mol. The summed E-state index contributed by atoms with van der Waals surface area (Å²) in [6.07, 6.45) is 0. The van der Waals surface area contributed by atoms with Crippen LogP contribution >= 0.6 is 7.14 Å². The predicted octanol–water partition coefficient (Wildman–Crippen LogP) is 11.9. The molecule has 0 spiro atoms. The maximum absolute atomic E-state index is 17.3. The Morgan fingerprint density at radius 3 is 1.24 bits per heavy atom. The van der Waals surface area contributed by atoms with Crippen LogP contribution in [-0.4, -0.2) is 0 Å². The van der Waals surface area contributed by atoms with Gasteiger partial charge < -0.3 is 4.57 Å². The molecule has 10 aromatic rings. The molecule has 0 N–H and O–H groups in total. The van der Waals surface area contributed by atoms with Crippen molar-refractivity contribution in [3.8, 4) is 22.3 Å². The molecule has 0 unspecified atom stereocenters. The molecule has 0 atom stereocenters. The summed E-state index contributed by atoms with van der Waals surface area (Å²) in [6.45, 7) is 0. The van der Waals surface area contributed by atoms with Crippen molar-refractivity contribution in [2.45, 2.75) is 0 Å². The van der Waals surface area contributed by atoms with Gasteiger partial charge in [-0.3, -0.25) is 0 Å². The highest BCUT2D eigenvalue weighted by atomic mass is 31.2. The third kappa shape index (κ3) is 3.71. The molecule has 0 bridgehead atoms. The molecule has 0 saturated carbocycles. The zero-order valence-electron chi connectivity index (χ0n) is 27.1. The molecule has 0 heterocycles. The van der Waals surface area contributed by atoms with Crippen LogP contribution in [0.2, 0.25) is 0 Å². The van der Waals surface area contributed by atoms with Crippen molar-refractivity contribution >= 4 is 87.7 Å². The Morgan fingerprint density at radius 1 is 0.280 bits per heavy atom. The van der Waals surface area contributed by atoms with Gasteiger partial charge in [0.2, 0.25) is 0 Å². The molecular formula is C48H29OP. The van der Waals surface area contributed by atoms with E-state index >= 15 is 4.57 Å². The summed E-state index contributed by atoms with van der Waals surface area (Å²) in [4.78, 5) is 0. The number of hydrogen-bond acceptors (Lipinski definition) is 1. The van der Waals surface area contributed by atoms with Crippen molar-refractivity contribution in [1.29, 1.82) is 0 Å². The number of hydrogen-bond donors (Lipinski definition) is 0. The number of fused-ring (bicyclic) bond motifs is 10. The maximum atomic E-state index is 17.3. The van der Waals surface area contributed by atoms with Crippen LogP contribution in [0.1, 0.15) is 0 Å². The summed E-state index contributed by atoms with van der Waals surface area (Å²) >= 11 is 0. The Labute approximate surface area is 289 Å². The van der Waals surface area contributed by atoms with Gasteiger partial charge in [0.05, 0.1) is 0 Å². The quantitative estimate of drug-likeness (QED) is 0.137. The molecule has 2 heteroatoms. The third-order valence-electron chi connectivity index (χ3n) is 11.0. The second kappa shape index (κ2) is 10.3. The van der Waals surface area contributed by atoms with E-state index in [9.17, 15) is 0 Å². The average molecular weight is 653 g/mol. The molecule has 0 radical (unpaired) electrons. The molecule has 1 nitrogen and oxygen atoms in total. The largest absolute Gasteiger partial charge is 0.309 e. The Bertz CT molecular complexity index is 2960. The van der Waals surface area contributed by atoms with E-state index in [1.54, 1.807) is 0 Å². The van der Waals surface area contributed by atoms with Gasteiger partial charge in [-0.2, -0.15) is 0 Å². The Hall–Kier alpha value is -6.01. The average Bonchev–Trinajstić information content (AvgIpc) is 3.49. The van der Waals surface area contributed by atoms with Gasteiger partial charge in [0.25, 0.3) is 0 Å². The lowest BCUT2D eigenvalue weighted by Gasteiger charge is -2.26. The van der Waals surface area contributed by atoms with Gasteiger partial charge in [0.15, 0.2) is 7.14 Å². The minimum Gasteiger partial charge on any atom is -0.309 e. The lowest BCUT2D eigenvalue weighted by molar-refractivity contribution is 0.593. The Balaban J connectivity index is 1.32. The van der Waals surface area contributed by atoms with Crippen LogP contribution in [-0.2, 0) is 4.57 Å². The fraction of sp³-hybridized carbons (Fsp3) is 0. The van der Waals surface area contributed by atoms with Crippen LogP contribution in [0.5, 0.6) is 0 Å². The van der Waals surface area contributed by atoms with Crippen molar-refractivity contribution in [3.63, 3.8) is 0 Å². The van der Waals surface area contributed by atoms with E-state index in [0.29, 0.717) is 0 Å². The van der Waals surface area contributed by atoms with Gasteiger partial charge in [0.1, 0.15) is 0 Å². The summed E-state index contributed by atoms with van der Waals surface area (Å²) in [7, 11) is -3.57. The van der Waals surface area contributed by atoms with Gasteiger partial charge in [-0.1, -0.05) is 146 Å². The normalized spacial score (nSPS) is 12.5. The highest BCUT2D eigenvalue weighted by Gasteiger charge is 2.37. The molecule has 0 aromatic heterocycles. The van der Waals surface area contributed by atoms with Crippen molar-refractivity contribution < 1.29 is 4.57 Å². The SMILES string of the molecule is O=P(c1ccc2c3c(cccc13)-c1cc3ccccc3cc1-2)(c1cc2ccccc2c2ccccc12)c1cc2ccccc2c2ccccc12. The topological polar surface area (TPSA) is 17.1 Å². The van der Waals surface area contributed by atoms with Gasteiger partial charge in [-0.05, 0) is 117 Å². The van der Waals surface area contributed by atoms with Gasteiger partial charge in [-0.15, -0.1) is 0 Å². The van der Waals surface area contributed by atoms with Gasteiger partial charge >= 0.3 is 0 Å². The van der Waals surface area contributed by atoms with Crippen LogP contribution in [0.25, 0.3) is 86.9 Å². The van der Waals surface area contributed by atoms with E-state index in [4.69, 9.17) is 0 Å². The summed E-state index contributed by atoms with van der Waals surface area (Å²) in [5.74, 6) is 0. The summed E-state index contributed by atoms with van der Waals surface area (Å²) in [6, 6.07) is 62.7. The molecule has 11 rings (SSSR count). The first-order valence-corrected chi connectivity index (χ1v) is 18.9. The van der Waals surface area contributed by atoms with Crippen LogP contribution in [0.3, 0.4) is 0 Å². The second-order valence-electron chi connectivity index (χ2n) is 13.5. The van der Waals surface area contributed by atoms with Crippen LogP contribution in [0.4, 0.5) is 0 Å². The Morgan fingerprint density at radius 2 is 0.700 bits per heavy atom. The van der Waals surface area contributed by atoms with E-state index in [-0.39, 0.29) is 0 Å². The predicted molar refractivity (Wildman–Crippen MR) is 215 cm³/mol.